The number of aryl methyl sites for hydroxylation is 1. The highest BCUT2D eigenvalue weighted by Crippen LogP contribution is 2.11. The Balaban J connectivity index is 2.21. The van der Waals surface area contributed by atoms with Gasteiger partial charge in [-0.2, -0.15) is 0 Å². The Morgan fingerprint density at radius 3 is 2.43 bits per heavy atom. The lowest BCUT2D eigenvalue weighted by atomic mass is 10.1. The van der Waals surface area contributed by atoms with E-state index in [0.29, 0.717) is 0 Å². The molecule has 0 aliphatic heterocycles. The van der Waals surface area contributed by atoms with Crippen LogP contribution in [0.4, 0.5) is 4.39 Å². The van der Waals surface area contributed by atoms with E-state index in [1.165, 1.54) is 25.3 Å². The summed E-state index contributed by atoms with van der Waals surface area (Å²) in [7, 11) is 0. The number of rotatable bonds is 6. The van der Waals surface area contributed by atoms with Crippen LogP contribution in [0.5, 0.6) is 0 Å². The molecular weight excluding hydrogens is 243 g/mol. The summed E-state index contributed by atoms with van der Waals surface area (Å²) in [6.45, 7) is 0. The number of hydrogen-bond donors (Lipinski definition) is 0. The van der Waals surface area contributed by atoms with Crippen molar-refractivity contribution in [1.29, 1.82) is 0 Å². The molecule has 0 saturated carbocycles. The van der Waals surface area contributed by atoms with Crippen LogP contribution in [0.3, 0.4) is 0 Å². The third-order valence-electron chi connectivity index (χ3n) is 2.29. The first-order valence-electron chi connectivity index (χ1n) is 5.14. The van der Waals surface area contributed by atoms with Crippen molar-refractivity contribution in [3.8, 4) is 0 Å². The molecule has 14 heavy (non-hydrogen) atoms. The van der Waals surface area contributed by atoms with E-state index < -0.39 is 0 Å². The second-order valence-corrected chi connectivity index (χ2v) is 4.24. The summed E-state index contributed by atoms with van der Waals surface area (Å²) < 4.78 is 13.2. The maximum absolute atomic E-state index is 13.2. The Labute approximate surface area is 93.7 Å². The highest BCUT2D eigenvalue weighted by molar-refractivity contribution is 9.09. The van der Waals surface area contributed by atoms with Crippen molar-refractivity contribution in [3.05, 3.63) is 35.6 Å². The van der Waals surface area contributed by atoms with Crippen molar-refractivity contribution in [3.63, 3.8) is 0 Å². The molecule has 0 aliphatic rings. The second kappa shape index (κ2) is 6.99. The highest BCUT2D eigenvalue weighted by atomic mass is 79.9. The van der Waals surface area contributed by atoms with E-state index in [2.05, 4.69) is 15.9 Å². The maximum atomic E-state index is 13.2. The van der Waals surface area contributed by atoms with Gasteiger partial charge in [0.05, 0.1) is 0 Å². The van der Waals surface area contributed by atoms with Crippen molar-refractivity contribution in [1.82, 2.24) is 0 Å². The Hall–Kier alpha value is -0.370. The van der Waals surface area contributed by atoms with E-state index in [-0.39, 0.29) is 5.82 Å². The second-order valence-electron chi connectivity index (χ2n) is 3.44. The number of alkyl halides is 1. The molecule has 0 radical (unpaired) electrons. The first-order chi connectivity index (χ1) is 6.84. The predicted octanol–water partition coefficient (Wildman–Crippen LogP) is 4.32. The molecule has 0 bridgehead atoms. The highest BCUT2D eigenvalue weighted by Gasteiger charge is 1.99. The molecule has 0 fully saturated rings. The van der Waals surface area contributed by atoms with Crippen molar-refractivity contribution < 1.29 is 4.39 Å². The van der Waals surface area contributed by atoms with Crippen molar-refractivity contribution in [2.45, 2.75) is 32.1 Å². The van der Waals surface area contributed by atoms with Crippen LogP contribution in [0.2, 0.25) is 0 Å². The Kier molecular flexibility index (Phi) is 5.85. The summed E-state index contributed by atoms with van der Waals surface area (Å²) in [6, 6.07) is 7.05. The summed E-state index contributed by atoms with van der Waals surface area (Å²) in [5.74, 6) is -0.0620. The lowest BCUT2D eigenvalue weighted by Crippen LogP contribution is -1.90. The Morgan fingerprint density at radius 1 is 1.00 bits per heavy atom. The van der Waals surface area contributed by atoms with Crippen LogP contribution in [-0.2, 0) is 6.42 Å². The van der Waals surface area contributed by atoms with Gasteiger partial charge in [0.25, 0.3) is 0 Å². The van der Waals surface area contributed by atoms with Crippen molar-refractivity contribution >= 4 is 15.9 Å². The molecule has 1 rings (SSSR count). The van der Waals surface area contributed by atoms with E-state index >= 15 is 0 Å². The zero-order chi connectivity index (χ0) is 10.2. The van der Waals surface area contributed by atoms with Crippen LogP contribution in [0.15, 0.2) is 24.3 Å². The van der Waals surface area contributed by atoms with Crippen LogP contribution in [0, 0.1) is 5.82 Å². The standard InChI is InChI=1S/C12H16BrF/c13-10-6-2-1-3-7-11-8-4-5-9-12(11)14/h4-5,8-9H,1-3,6-7,10H2. The SMILES string of the molecule is Fc1ccccc1CCCCCCBr. The maximum Gasteiger partial charge on any atom is 0.126 e. The lowest BCUT2D eigenvalue weighted by Gasteiger charge is -2.02. The van der Waals surface area contributed by atoms with Gasteiger partial charge in [-0.25, -0.2) is 4.39 Å². The Morgan fingerprint density at radius 2 is 1.71 bits per heavy atom. The van der Waals surface area contributed by atoms with Gasteiger partial charge in [0.1, 0.15) is 5.82 Å². The number of hydrogen-bond acceptors (Lipinski definition) is 0. The summed E-state index contributed by atoms with van der Waals surface area (Å²) in [4.78, 5) is 0. The molecule has 0 unspecified atom stereocenters. The first-order valence-corrected chi connectivity index (χ1v) is 6.26. The summed E-state index contributed by atoms with van der Waals surface area (Å²) in [5, 5.41) is 1.08. The zero-order valence-electron chi connectivity index (χ0n) is 8.31. The van der Waals surface area contributed by atoms with Gasteiger partial charge in [-0.1, -0.05) is 47.0 Å². The molecule has 0 saturated heterocycles. The molecule has 0 amide bonds. The van der Waals surface area contributed by atoms with E-state index in [0.717, 1.165) is 23.7 Å². The quantitative estimate of drug-likeness (QED) is 0.527. The van der Waals surface area contributed by atoms with Crippen LogP contribution in [0.25, 0.3) is 0 Å². The summed E-state index contributed by atoms with van der Waals surface area (Å²) in [5.41, 5.74) is 0.853. The van der Waals surface area contributed by atoms with Crippen LogP contribution < -0.4 is 0 Å². The largest absolute Gasteiger partial charge is 0.207 e. The van der Waals surface area contributed by atoms with Gasteiger partial charge < -0.3 is 0 Å². The fourth-order valence-corrected chi connectivity index (χ4v) is 1.86. The van der Waals surface area contributed by atoms with Gasteiger partial charge >= 0.3 is 0 Å². The minimum Gasteiger partial charge on any atom is -0.207 e. The first kappa shape index (κ1) is 11.7. The summed E-state index contributed by atoms with van der Waals surface area (Å²) in [6.07, 6.45) is 5.61. The van der Waals surface area contributed by atoms with E-state index in [9.17, 15) is 4.39 Å². The van der Waals surface area contributed by atoms with E-state index in [1.807, 2.05) is 12.1 Å². The van der Waals surface area contributed by atoms with Gasteiger partial charge in [0.15, 0.2) is 0 Å². The zero-order valence-corrected chi connectivity index (χ0v) is 9.89. The average Bonchev–Trinajstić information content (AvgIpc) is 2.20. The minimum absolute atomic E-state index is 0.0620. The van der Waals surface area contributed by atoms with Crippen molar-refractivity contribution in [2.75, 3.05) is 5.33 Å². The fourth-order valence-electron chi connectivity index (χ4n) is 1.46. The molecule has 0 heterocycles. The Bertz CT molecular complexity index is 260. The molecule has 1 aromatic carbocycles. The van der Waals surface area contributed by atoms with E-state index in [1.54, 1.807) is 6.07 Å². The summed E-state index contributed by atoms with van der Waals surface area (Å²) >= 11 is 3.40. The number of halogens is 2. The monoisotopic (exact) mass is 258 g/mol. The molecule has 0 N–H and O–H groups in total. The number of unbranched alkanes of at least 4 members (excludes halogenated alkanes) is 3. The molecule has 0 aromatic heterocycles. The molecular formula is C12H16BrF. The third kappa shape index (κ3) is 4.23. The normalized spacial score (nSPS) is 10.4. The lowest BCUT2D eigenvalue weighted by molar-refractivity contribution is 0.594. The molecule has 0 atom stereocenters. The van der Waals surface area contributed by atoms with Gasteiger partial charge in [-0.05, 0) is 30.9 Å². The fraction of sp³-hybridized carbons (Fsp3) is 0.500. The third-order valence-corrected chi connectivity index (χ3v) is 2.85. The molecule has 78 valence electrons. The van der Waals surface area contributed by atoms with Crippen LogP contribution in [0.1, 0.15) is 31.2 Å². The van der Waals surface area contributed by atoms with E-state index in [4.69, 9.17) is 0 Å². The molecule has 0 spiro atoms. The van der Waals surface area contributed by atoms with Gasteiger partial charge in [-0.3, -0.25) is 0 Å². The molecule has 2 heteroatoms. The topological polar surface area (TPSA) is 0 Å². The number of benzene rings is 1. The van der Waals surface area contributed by atoms with Crippen molar-refractivity contribution in [2.24, 2.45) is 0 Å². The average molecular weight is 259 g/mol. The van der Waals surface area contributed by atoms with Crippen LogP contribution in [-0.4, -0.2) is 5.33 Å². The van der Waals surface area contributed by atoms with Gasteiger partial charge in [-0.15, -0.1) is 0 Å². The van der Waals surface area contributed by atoms with Gasteiger partial charge in [0.2, 0.25) is 0 Å². The smallest absolute Gasteiger partial charge is 0.126 e. The van der Waals surface area contributed by atoms with Crippen LogP contribution >= 0.6 is 15.9 Å². The van der Waals surface area contributed by atoms with Gasteiger partial charge in [0, 0.05) is 5.33 Å². The minimum atomic E-state index is -0.0620. The molecule has 0 aliphatic carbocycles. The molecule has 0 nitrogen and oxygen atoms in total. The predicted molar refractivity (Wildman–Crippen MR) is 62.4 cm³/mol. The molecule has 1 aromatic rings.